The maximum absolute atomic E-state index is 10.1. The van der Waals surface area contributed by atoms with Crippen molar-refractivity contribution < 1.29 is 5.11 Å². The van der Waals surface area contributed by atoms with Crippen LogP contribution in [0.2, 0.25) is 5.02 Å². The zero-order valence-corrected chi connectivity index (χ0v) is 12.1. The standard InChI is InChI=1S/C18H14ClNO/c19-18-13-7-3-2-6-12(13)14(10-17(18)21)16-9-11-5-1-4-8-15(11)20-16/h1-8,10,16,20-21H,9H2. The van der Waals surface area contributed by atoms with E-state index in [2.05, 4.69) is 29.6 Å². The van der Waals surface area contributed by atoms with E-state index in [-0.39, 0.29) is 11.8 Å². The van der Waals surface area contributed by atoms with Gasteiger partial charge in [-0.05, 0) is 35.1 Å². The van der Waals surface area contributed by atoms with Gasteiger partial charge in [0.15, 0.2) is 0 Å². The third kappa shape index (κ3) is 1.95. The molecule has 0 bridgehead atoms. The molecule has 1 aliphatic rings. The lowest BCUT2D eigenvalue weighted by Gasteiger charge is -2.16. The summed E-state index contributed by atoms with van der Waals surface area (Å²) >= 11 is 6.22. The Bertz CT molecular complexity index is 819. The van der Waals surface area contributed by atoms with Crippen LogP contribution in [0.1, 0.15) is 17.2 Å². The highest BCUT2D eigenvalue weighted by molar-refractivity contribution is 6.37. The number of fused-ring (bicyclic) bond motifs is 2. The highest BCUT2D eigenvalue weighted by Gasteiger charge is 2.24. The monoisotopic (exact) mass is 295 g/mol. The number of phenols is 1. The molecule has 0 spiro atoms. The zero-order valence-electron chi connectivity index (χ0n) is 11.3. The SMILES string of the molecule is Oc1cc(C2Cc3ccccc3N2)c2ccccc2c1Cl. The van der Waals surface area contributed by atoms with Crippen LogP contribution in [-0.4, -0.2) is 5.11 Å². The lowest BCUT2D eigenvalue weighted by Crippen LogP contribution is -2.06. The fourth-order valence-corrected chi connectivity index (χ4v) is 3.35. The Balaban J connectivity index is 1.87. The molecule has 0 saturated heterocycles. The molecule has 0 saturated carbocycles. The van der Waals surface area contributed by atoms with E-state index >= 15 is 0 Å². The second kappa shape index (κ2) is 4.68. The van der Waals surface area contributed by atoms with E-state index in [9.17, 15) is 5.11 Å². The first kappa shape index (κ1) is 12.5. The minimum absolute atomic E-state index is 0.142. The van der Waals surface area contributed by atoms with Crippen LogP contribution in [0.25, 0.3) is 10.8 Å². The van der Waals surface area contributed by atoms with E-state index in [1.54, 1.807) is 6.07 Å². The topological polar surface area (TPSA) is 32.3 Å². The van der Waals surface area contributed by atoms with Crippen LogP contribution >= 0.6 is 11.6 Å². The van der Waals surface area contributed by atoms with Gasteiger partial charge in [0.05, 0.1) is 11.1 Å². The molecule has 0 amide bonds. The molecule has 1 unspecified atom stereocenters. The quantitative estimate of drug-likeness (QED) is 0.668. The summed E-state index contributed by atoms with van der Waals surface area (Å²) in [6, 6.07) is 18.2. The molecule has 104 valence electrons. The molecule has 2 N–H and O–H groups in total. The summed E-state index contributed by atoms with van der Waals surface area (Å²) in [5, 5.41) is 16.1. The van der Waals surface area contributed by atoms with Crippen molar-refractivity contribution >= 4 is 28.1 Å². The number of nitrogens with one attached hydrogen (secondary N) is 1. The minimum atomic E-state index is 0.142. The van der Waals surface area contributed by atoms with E-state index in [0.717, 1.165) is 22.8 Å². The van der Waals surface area contributed by atoms with Gasteiger partial charge >= 0.3 is 0 Å². The summed E-state index contributed by atoms with van der Waals surface area (Å²) in [6.07, 6.45) is 0.918. The number of rotatable bonds is 1. The average molecular weight is 296 g/mol. The summed E-state index contributed by atoms with van der Waals surface area (Å²) in [5.74, 6) is 0.142. The molecule has 1 aliphatic heterocycles. The number of hydrogen-bond donors (Lipinski definition) is 2. The average Bonchev–Trinajstić information content (AvgIpc) is 2.94. The second-order valence-electron chi connectivity index (χ2n) is 5.40. The number of hydrogen-bond acceptors (Lipinski definition) is 2. The van der Waals surface area contributed by atoms with E-state index in [4.69, 9.17) is 11.6 Å². The van der Waals surface area contributed by atoms with Crippen molar-refractivity contribution in [2.24, 2.45) is 0 Å². The Hall–Kier alpha value is -2.19. The van der Waals surface area contributed by atoms with Crippen molar-refractivity contribution in [3.8, 4) is 5.75 Å². The Labute approximate surface area is 128 Å². The molecule has 0 fully saturated rings. The van der Waals surface area contributed by atoms with Crippen LogP contribution < -0.4 is 5.32 Å². The van der Waals surface area contributed by atoms with Crippen molar-refractivity contribution in [2.75, 3.05) is 5.32 Å². The number of aromatic hydroxyl groups is 1. The first-order valence-corrected chi connectivity index (χ1v) is 7.36. The third-order valence-corrected chi connectivity index (χ3v) is 4.54. The van der Waals surface area contributed by atoms with Crippen molar-refractivity contribution in [1.82, 2.24) is 0 Å². The molecule has 1 heterocycles. The number of phenolic OH excluding ortho intramolecular Hbond substituents is 1. The minimum Gasteiger partial charge on any atom is -0.506 e. The molecule has 0 aromatic heterocycles. The number of benzene rings is 3. The molecule has 3 heteroatoms. The molecule has 0 aliphatic carbocycles. The lowest BCUT2D eigenvalue weighted by atomic mass is 9.96. The van der Waals surface area contributed by atoms with Crippen LogP contribution in [0.3, 0.4) is 0 Å². The molecule has 0 radical (unpaired) electrons. The highest BCUT2D eigenvalue weighted by atomic mass is 35.5. The lowest BCUT2D eigenvalue weighted by molar-refractivity contribution is 0.475. The van der Waals surface area contributed by atoms with E-state index in [0.29, 0.717) is 5.02 Å². The van der Waals surface area contributed by atoms with Gasteiger partial charge in [0, 0.05) is 11.1 Å². The van der Waals surface area contributed by atoms with Crippen molar-refractivity contribution in [3.63, 3.8) is 0 Å². The number of halogens is 1. The Morgan fingerprint density at radius 2 is 1.71 bits per heavy atom. The number of para-hydroxylation sites is 1. The maximum Gasteiger partial charge on any atom is 0.135 e. The van der Waals surface area contributed by atoms with Gasteiger partial charge in [-0.25, -0.2) is 0 Å². The van der Waals surface area contributed by atoms with E-state index in [1.807, 2.05) is 24.3 Å². The zero-order chi connectivity index (χ0) is 14.4. The van der Waals surface area contributed by atoms with Gasteiger partial charge in [0.1, 0.15) is 5.75 Å². The summed E-state index contributed by atoms with van der Waals surface area (Å²) in [7, 11) is 0. The molecule has 2 nitrogen and oxygen atoms in total. The summed E-state index contributed by atoms with van der Waals surface area (Å²) in [4.78, 5) is 0. The first-order valence-electron chi connectivity index (χ1n) is 6.98. The van der Waals surface area contributed by atoms with Gasteiger partial charge in [-0.3, -0.25) is 0 Å². The van der Waals surface area contributed by atoms with Crippen LogP contribution in [0.15, 0.2) is 54.6 Å². The predicted molar refractivity (Wildman–Crippen MR) is 87.1 cm³/mol. The first-order chi connectivity index (χ1) is 10.2. The van der Waals surface area contributed by atoms with Gasteiger partial charge < -0.3 is 10.4 Å². The Morgan fingerprint density at radius 1 is 1.00 bits per heavy atom. The third-order valence-electron chi connectivity index (χ3n) is 4.14. The molecule has 1 atom stereocenters. The van der Waals surface area contributed by atoms with Crippen LogP contribution in [0.4, 0.5) is 5.69 Å². The fourth-order valence-electron chi connectivity index (χ4n) is 3.13. The molecule has 21 heavy (non-hydrogen) atoms. The van der Waals surface area contributed by atoms with Crippen LogP contribution in [-0.2, 0) is 6.42 Å². The Kier molecular flexibility index (Phi) is 2.79. The Morgan fingerprint density at radius 3 is 2.52 bits per heavy atom. The summed E-state index contributed by atoms with van der Waals surface area (Å²) < 4.78 is 0. The van der Waals surface area contributed by atoms with Gasteiger partial charge in [-0.2, -0.15) is 0 Å². The smallest absolute Gasteiger partial charge is 0.135 e. The van der Waals surface area contributed by atoms with Crippen LogP contribution in [0.5, 0.6) is 5.75 Å². The van der Waals surface area contributed by atoms with E-state index < -0.39 is 0 Å². The normalized spacial score (nSPS) is 16.7. The van der Waals surface area contributed by atoms with E-state index in [1.165, 1.54) is 11.3 Å². The largest absolute Gasteiger partial charge is 0.506 e. The summed E-state index contributed by atoms with van der Waals surface area (Å²) in [5.41, 5.74) is 3.56. The maximum atomic E-state index is 10.1. The molecular weight excluding hydrogens is 282 g/mol. The molecular formula is C18H14ClNO. The van der Waals surface area contributed by atoms with Gasteiger partial charge in [0.2, 0.25) is 0 Å². The summed E-state index contributed by atoms with van der Waals surface area (Å²) in [6.45, 7) is 0. The fraction of sp³-hybridized carbons (Fsp3) is 0.111. The van der Waals surface area contributed by atoms with Gasteiger partial charge in [0.25, 0.3) is 0 Å². The van der Waals surface area contributed by atoms with Crippen LogP contribution in [0, 0.1) is 0 Å². The van der Waals surface area contributed by atoms with Crippen molar-refractivity contribution in [3.05, 3.63) is 70.7 Å². The van der Waals surface area contributed by atoms with Gasteiger partial charge in [-0.15, -0.1) is 0 Å². The van der Waals surface area contributed by atoms with Crippen molar-refractivity contribution in [1.29, 1.82) is 0 Å². The second-order valence-corrected chi connectivity index (χ2v) is 5.78. The highest BCUT2D eigenvalue weighted by Crippen LogP contribution is 2.41. The predicted octanol–water partition coefficient (Wildman–Crippen LogP) is 4.91. The number of anilines is 1. The van der Waals surface area contributed by atoms with Crippen molar-refractivity contribution in [2.45, 2.75) is 12.5 Å². The van der Waals surface area contributed by atoms with Gasteiger partial charge in [-0.1, -0.05) is 54.1 Å². The molecule has 3 aromatic rings. The molecule has 3 aromatic carbocycles. The molecule has 4 rings (SSSR count).